The second kappa shape index (κ2) is 7.44. The highest BCUT2D eigenvalue weighted by Gasteiger charge is 2.12. The lowest BCUT2D eigenvalue weighted by molar-refractivity contribution is 0.0909. The van der Waals surface area contributed by atoms with E-state index in [0.29, 0.717) is 16.8 Å². The molecule has 0 saturated carbocycles. The molecule has 0 radical (unpaired) electrons. The van der Waals surface area contributed by atoms with E-state index in [4.69, 9.17) is 4.74 Å². The van der Waals surface area contributed by atoms with Crippen LogP contribution in [0.4, 0.5) is 0 Å². The molecule has 130 valence electrons. The maximum absolute atomic E-state index is 12.4. The zero-order valence-corrected chi connectivity index (χ0v) is 14.3. The fourth-order valence-corrected chi connectivity index (χ4v) is 2.69. The van der Waals surface area contributed by atoms with Crippen molar-refractivity contribution < 1.29 is 9.84 Å². The molecule has 0 aliphatic rings. The highest BCUT2D eigenvalue weighted by Crippen LogP contribution is 2.25. The maximum Gasteiger partial charge on any atom is 0.261 e. The molecular formula is C19H21N3O3. The summed E-state index contributed by atoms with van der Waals surface area (Å²) in [5, 5.41) is 10.7. The predicted molar refractivity (Wildman–Crippen MR) is 95.8 cm³/mol. The van der Waals surface area contributed by atoms with Gasteiger partial charge in [-0.15, -0.1) is 0 Å². The van der Waals surface area contributed by atoms with Crippen LogP contribution in [0.2, 0.25) is 0 Å². The molecule has 0 aliphatic heterocycles. The molecule has 6 nitrogen and oxygen atoms in total. The van der Waals surface area contributed by atoms with Crippen LogP contribution in [-0.4, -0.2) is 32.4 Å². The summed E-state index contributed by atoms with van der Waals surface area (Å²) in [6, 6.07) is 9.40. The van der Waals surface area contributed by atoms with Gasteiger partial charge in [0.25, 0.3) is 5.56 Å². The van der Waals surface area contributed by atoms with Crippen LogP contribution in [0.1, 0.15) is 25.3 Å². The summed E-state index contributed by atoms with van der Waals surface area (Å²) in [5.74, 6) is 1.08. The third-order valence-corrected chi connectivity index (χ3v) is 4.01. The standard InChI is InChI=1S/C19H21N3O3/c1-13(2)15-5-3-4-6-18(15)25-11-14(23)10-22-12-21-17-9-20-8-7-16(17)19(22)24/h3-9,12-14,23H,10-11H2,1-2H3. The smallest absolute Gasteiger partial charge is 0.261 e. The predicted octanol–water partition coefficient (Wildman–Crippen LogP) is 2.35. The number of pyridine rings is 1. The minimum Gasteiger partial charge on any atom is -0.491 e. The van der Waals surface area contributed by atoms with Crippen LogP contribution in [0.25, 0.3) is 10.9 Å². The Morgan fingerprint density at radius 3 is 2.84 bits per heavy atom. The number of aromatic nitrogens is 3. The average Bonchev–Trinajstić information content (AvgIpc) is 2.63. The fraction of sp³-hybridized carbons (Fsp3) is 0.316. The molecule has 2 aromatic heterocycles. The van der Waals surface area contributed by atoms with E-state index in [-0.39, 0.29) is 18.7 Å². The molecule has 0 bridgehead atoms. The molecule has 3 rings (SSSR count). The number of nitrogens with zero attached hydrogens (tertiary/aromatic N) is 3. The summed E-state index contributed by atoms with van der Waals surface area (Å²) >= 11 is 0. The average molecular weight is 339 g/mol. The van der Waals surface area contributed by atoms with Crippen molar-refractivity contribution in [1.82, 2.24) is 14.5 Å². The van der Waals surface area contributed by atoms with Crippen LogP contribution in [0.3, 0.4) is 0 Å². The van der Waals surface area contributed by atoms with Crippen molar-refractivity contribution in [3.05, 3.63) is 65.0 Å². The molecule has 1 aromatic carbocycles. The number of aliphatic hydroxyl groups is 1. The summed E-state index contributed by atoms with van der Waals surface area (Å²) in [6.07, 6.45) is 3.71. The van der Waals surface area contributed by atoms with Crippen LogP contribution < -0.4 is 10.3 Å². The Morgan fingerprint density at radius 1 is 1.24 bits per heavy atom. The molecule has 0 amide bonds. The monoisotopic (exact) mass is 339 g/mol. The van der Waals surface area contributed by atoms with Crippen molar-refractivity contribution in [2.45, 2.75) is 32.4 Å². The van der Waals surface area contributed by atoms with Crippen molar-refractivity contribution in [1.29, 1.82) is 0 Å². The van der Waals surface area contributed by atoms with Gasteiger partial charge >= 0.3 is 0 Å². The molecule has 1 atom stereocenters. The Kier molecular flexibility index (Phi) is 5.09. The van der Waals surface area contributed by atoms with Gasteiger partial charge in [-0.1, -0.05) is 32.0 Å². The molecule has 0 saturated heterocycles. The third-order valence-electron chi connectivity index (χ3n) is 4.01. The van der Waals surface area contributed by atoms with E-state index in [2.05, 4.69) is 23.8 Å². The molecule has 0 aliphatic carbocycles. The molecular weight excluding hydrogens is 318 g/mol. The minimum absolute atomic E-state index is 0.102. The van der Waals surface area contributed by atoms with Crippen molar-refractivity contribution >= 4 is 10.9 Å². The van der Waals surface area contributed by atoms with Gasteiger partial charge in [0.15, 0.2) is 0 Å². The number of para-hydroxylation sites is 1. The largest absolute Gasteiger partial charge is 0.491 e. The lowest BCUT2D eigenvalue weighted by Gasteiger charge is -2.17. The molecule has 1 N–H and O–H groups in total. The molecule has 6 heteroatoms. The SMILES string of the molecule is CC(C)c1ccccc1OCC(O)Cn1cnc2cnccc2c1=O. The molecule has 3 aromatic rings. The number of ether oxygens (including phenoxy) is 1. The summed E-state index contributed by atoms with van der Waals surface area (Å²) in [6.45, 7) is 4.40. The second-order valence-electron chi connectivity index (χ2n) is 6.25. The van der Waals surface area contributed by atoms with Gasteiger partial charge in [-0.25, -0.2) is 4.98 Å². The summed E-state index contributed by atoms with van der Waals surface area (Å²) < 4.78 is 7.16. The highest BCUT2D eigenvalue weighted by molar-refractivity contribution is 5.75. The number of benzene rings is 1. The number of rotatable bonds is 6. The van der Waals surface area contributed by atoms with Gasteiger partial charge in [0.05, 0.1) is 30.0 Å². The van der Waals surface area contributed by atoms with Crippen molar-refractivity contribution in [3.8, 4) is 5.75 Å². The number of aliphatic hydroxyl groups excluding tert-OH is 1. The number of hydrogen-bond donors (Lipinski definition) is 1. The zero-order chi connectivity index (χ0) is 17.8. The van der Waals surface area contributed by atoms with E-state index in [9.17, 15) is 9.90 Å². The van der Waals surface area contributed by atoms with Crippen LogP contribution in [0.15, 0.2) is 53.8 Å². The Bertz CT molecular complexity index is 921. The third kappa shape index (κ3) is 3.85. The van der Waals surface area contributed by atoms with Gasteiger partial charge in [0.2, 0.25) is 0 Å². The molecule has 0 spiro atoms. The first kappa shape index (κ1) is 17.1. The van der Waals surface area contributed by atoms with Gasteiger partial charge in [0, 0.05) is 6.20 Å². The van der Waals surface area contributed by atoms with E-state index < -0.39 is 6.10 Å². The normalized spacial score (nSPS) is 12.5. The first-order valence-corrected chi connectivity index (χ1v) is 8.25. The fourth-order valence-electron chi connectivity index (χ4n) is 2.69. The Hall–Kier alpha value is -2.73. The van der Waals surface area contributed by atoms with Crippen molar-refractivity contribution in [2.24, 2.45) is 0 Å². The quantitative estimate of drug-likeness (QED) is 0.746. The second-order valence-corrected chi connectivity index (χ2v) is 6.25. The summed E-state index contributed by atoms with van der Waals surface area (Å²) in [7, 11) is 0. The molecule has 2 heterocycles. The van der Waals surface area contributed by atoms with Gasteiger partial charge in [-0.05, 0) is 23.6 Å². The van der Waals surface area contributed by atoms with Gasteiger partial charge < -0.3 is 9.84 Å². The van der Waals surface area contributed by atoms with Crippen LogP contribution >= 0.6 is 0 Å². The summed E-state index contributed by atoms with van der Waals surface area (Å²) in [4.78, 5) is 20.6. The maximum atomic E-state index is 12.4. The highest BCUT2D eigenvalue weighted by atomic mass is 16.5. The Balaban J connectivity index is 1.70. The van der Waals surface area contributed by atoms with Gasteiger partial charge in [-0.2, -0.15) is 0 Å². The van der Waals surface area contributed by atoms with Crippen molar-refractivity contribution in [2.75, 3.05) is 6.61 Å². The van der Waals surface area contributed by atoms with E-state index in [0.717, 1.165) is 11.3 Å². The number of hydrogen-bond acceptors (Lipinski definition) is 5. The van der Waals surface area contributed by atoms with E-state index in [1.807, 2.05) is 24.3 Å². The van der Waals surface area contributed by atoms with Crippen LogP contribution in [-0.2, 0) is 6.54 Å². The van der Waals surface area contributed by atoms with Gasteiger partial charge in [0.1, 0.15) is 18.5 Å². The van der Waals surface area contributed by atoms with Crippen LogP contribution in [0.5, 0.6) is 5.75 Å². The van der Waals surface area contributed by atoms with Crippen LogP contribution in [0, 0.1) is 0 Å². The zero-order valence-electron chi connectivity index (χ0n) is 14.3. The number of fused-ring (bicyclic) bond motifs is 1. The molecule has 0 fully saturated rings. The van der Waals surface area contributed by atoms with E-state index in [1.165, 1.54) is 10.9 Å². The molecule has 1 unspecified atom stereocenters. The topological polar surface area (TPSA) is 77.2 Å². The first-order chi connectivity index (χ1) is 12.1. The first-order valence-electron chi connectivity index (χ1n) is 8.25. The van der Waals surface area contributed by atoms with Gasteiger partial charge in [-0.3, -0.25) is 14.3 Å². The van der Waals surface area contributed by atoms with E-state index in [1.54, 1.807) is 18.5 Å². The summed E-state index contributed by atoms with van der Waals surface area (Å²) in [5.41, 5.74) is 1.43. The Morgan fingerprint density at radius 2 is 2.04 bits per heavy atom. The Labute approximate surface area is 145 Å². The lowest BCUT2D eigenvalue weighted by Crippen LogP contribution is -2.30. The molecule has 25 heavy (non-hydrogen) atoms. The van der Waals surface area contributed by atoms with Crippen molar-refractivity contribution in [3.63, 3.8) is 0 Å². The lowest BCUT2D eigenvalue weighted by atomic mass is 10.0. The van der Waals surface area contributed by atoms with E-state index >= 15 is 0 Å². The minimum atomic E-state index is -0.820.